The van der Waals surface area contributed by atoms with Gasteiger partial charge in [-0.15, -0.1) is 0 Å². The van der Waals surface area contributed by atoms with Gasteiger partial charge >= 0.3 is 0 Å². The molecule has 1 aromatic carbocycles. The van der Waals surface area contributed by atoms with E-state index in [2.05, 4.69) is 51.8 Å². The van der Waals surface area contributed by atoms with E-state index in [1.165, 1.54) is 16.5 Å². The Balaban J connectivity index is 2.51. The molecule has 0 radical (unpaired) electrons. The van der Waals surface area contributed by atoms with Crippen molar-refractivity contribution < 1.29 is 4.79 Å². The van der Waals surface area contributed by atoms with Gasteiger partial charge in [-0.1, -0.05) is 13.0 Å². The first-order valence-corrected chi connectivity index (χ1v) is 6.11. The molecule has 1 atom stereocenters. The van der Waals surface area contributed by atoms with E-state index in [-0.39, 0.29) is 5.92 Å². The second kappa shape index (κ2) is 4.42. The minimum Gasteiger partial charge on any atom is -0.349 e. The lowest BCUT2D eigenvalue weighted by Crippen LogP contribution is -1.94. The molecule has 1 heterocycles. The summed E-state index contributed by atoms with van der Waals surface area (Å²) in [6.45, 7) is 2.08. The van der Waals surface area contributed by atoms with E-state index in [1.54, 1.807) is 0 Å². The summed E-state index contributed by atoms with van der Waals surface area (Å²) in [4.78, 5) is 10.5. The Morgan fingerprint density at radius 1 is 1.50 bits per heavy atom. The minimum atomic E-state index is 0.286. The number of fused-ring (bicyclic) bond motifs is 1. The van der Waals surface area contributed by atoms with Crippen LogP contribution >= 0.6 is 15.9 Å². The third-order valence-corrected chi connectivity index (χ3v) is 3.62. The molecule has 0 aliphatic heterocycles. The maximum atomic E-state index is 10.5. The highest BCUT2D eigenvalue weighted by Gasteiger charge is 2.09. The number of hydrogen-bond donors (Lipinski definition) is 0. The van der Waals surface area contributed by atoms with Gasteiger partial charge in [-0.2, -0.15) is 0 Å². The Bertz CT molecular complexity index is 530. The predicted molar refractivity (Wildman–Crippen MR) is 69.7 cm³/mol. The number of hydrogen-bond acceptors (Lipinski definition) is 1. The lowest BCUT2D eigenvalue weighted by molar-refractivity contribution is -0.108. The van der Waals surface area contributed by atoms with Gasteiger partial charge in [0.1, 0.15) is 6.29 Å². The summed E-state index contributed by atoms with van der Waals surface area (Å²) in [7, 11) is 2.03. The summed E-state index contributed by atoms with van der Waals surface area (Å²) in [5, 5.41) is 1.21. The van der Waals surface area contributed by atoms with Crippen molar-refractivity contribution in [1.82, 2.24) is 4.57 Å². The SMILES string of the molecule is CC(CC=O)c1ccc2c(c1)c(Br)cn2C. The molecule has 1 unspecified atom stereocenters. The van der Waals surface area contributed by atoms with Crippen molar-refractivity contribution in [3.05, 3.63) is 34.4 Å². The Morgan fingerprint density at radius 2 is 2.25 bits per heavy atom. The first-order chi connectivity index (χ1) is 7.63. The van der Waals surface area contributed by atoms with E-state index in [0.29, 0.717) is 6.42 Å². The molecule has 0 N–H and O–H groups in total. The van der Waals surface area contributed by atoms with Crippen LogP contribution in [0.4, 0.5) is 0 Å². The van der Waals surface area contributed by atoms with Gasteiger partial charge in [-0.3, -0.25) is 0 Å². The standard InChI is InChI=1S/C13H14BrNO/c1-9(5-6-16)10-3-4-13-11(7-10)12(14)8-15(13)2/h3-4,6-9H,5H2,1-2H3. The molecule has 16 heavy (non-hydrogen) atoms. The van der Waals surface area contributed by atoms with Gasteiger partial charge in [0, 0.05) is 35.0 Å². The molecule has 2 rings (SSSR count). The third kappa shape index (κ3) is 1.92. The summed E-state index contributed by atoms with van der Waals surface area (Å²) >= 11 is 3.55. The van der Waals surface area contributed by atoms with E-state index in [0.717, 1.165) is 10.8 Å². The Morgan fingerprint density at radius 3 is 2.94 bits per heavy atom. The van der Waals surface area contributed by atoms with Crippen LogP contribution in [0.5, 0.6) is 0 Å². The minimum absolute atomic E-state index is 0.286. The average Bonchev–Trinajstić information content (AvgIpc) is 2.55. The molecule has 1 aromatic heterocycles. The topological polar surface area (TPSA) is 22.0 Å². The Kier molecular flexibility index (Phi) is 3.15. The number of benzene rings is 1. The molecule has 0 saturated carbocycles. The number of aldehydes is 1. The van der Waals surface area contributed by atoms with Crippen LogP contribution in [0.1, 0.15) is 24.8 Å². The summed E-state index contributed by atoms with van der Waals surface area (Å²) < 4.78 is 3.19. The van der Waals surface area contributed by atoms with Gasteiger partial charge in [-0.25, -0.2) is 0 Å². The molecule has 0 spiro atoms. The maximum absolute atomic E-state index is 10.5. The molecular weight excluding hydrogens is 266 g/mol. The average molecular weight is 280 g/mol. The molecule has 0 amide bonds. The molecular formula is C13H14BrNO. The predicted octanol–water partition coefficient (Wildman–Crippen LogP) is 3.63. The summed E-state index contributed by atoms with van der Waals surface area (Å²) in [6.07, 6.45) is 3.61. The fourth-order valence-corrected chi connectivity index (χ4v) is 2.57. The van der Waals surface area contributed by atoms with Crippen molar-refractivity contribution in [2.75, 3.05) is 0 Å². The van der Waals surface area contributed by atoms with Gasteiger partial charge in [0.15, 0.2) is 0 Å². The normalized spacial score (nSPS) is 12.9. The largest absolute Gasteiger partial charge is 0.349 e. The van der Waals surface area contributed by atoms with Crippen molar-refractivity contribution in [2.45, 2.75) is 19.3 Å². The van der Waals surface area contributed by atoms with Crippen molar-refractivity contribution in [3.8, 4) is 0 Å². The van der Waals surface area contributed by atoms with Crippen LogP contribution in [-0.2, 0) is 11.8 Å². The fourth-order valence-electron chi connectivity index (χ4n) is 1.95. The molecule has 2 nitrogen and oxygen atoms in total. The van der Waals surface area contributed by atoms with Crippen molar-refractivity contribution in [3.63, 3.8) is 0 Å². The monoisotopic (exact) mass is 279 g/mol. The molecule has 2 aromatic rings. The van der Waals surface area contributed by atoms with Crippen LogP contribution in [0.2, 0.25) is 0 Å². The number of rotatable bonds is 3. The molecule has 0 aliphatic carbocycles. The van der Waals surface area contributed by atoms with E-state index in [9.17, 15) is 4.79 Å². The number of aryl methyl sites for hydroxylation is 1. The quantitative estimate of drug-likeness (QED) is 0.787. The highest BCUT2D eigenvalue weighted by molar-refractivity contribution is 9.10. The molecule has 0 bridgehead atoms. The lowest BCUT2D eigenvalue weighted by Gasteiger charge is -2.08. The van der Waals surface area contributed by atoms with Gasteiger partial charge in [-0.05, 0) is 39.5 Å². The zero-order chi connectivity index (χ0) is 11.7. The second-order valence-electron chi connectivity index (χ2n) is 4.17. The molecule has 0 saturated heterocycles. The summed E-state index contributed by atoms with van der Waals surface area (Å²) in [6, 6.07) is 6.37. The molecule has 0 aliphatic rings. The van der Waals surface area contributed by atoms with Crippen LogP contribution < -0.4 is 0 Å². The van der Waals surface area contributed by atoms with Gasteiger partial charge in [0.05, 0.1) is 0 Å². The zero-order valence-electron chi connectivity index (χ0n) is 9.40. The second-order valence-corrected chi connectivity index (χ2v) is 5.02. The van der Waals surface area contributed by atoms with Gasteiger partial charge < -0.3 is 9.36 Å². The number of nitrogens with zero attached hydrogens (tertiary/aromatic N) is 1. The van der Waals surface area contributed by atoms with E-state index in [1.807, 2.05) is 7.05 Å². The summed E-state index contributed by atoms with van der Waals surface area (Å²) in [5.74, 6) is 0.286. The number of carbonyl (C=O) groups is 1. The van der Waals surface area contributed by atoms with E-state index in [4.69, 9.17) is 0 Å². The number of halogens is 1. The summed E-state index contributed by atoms with van der Waals surface area (Å²) in [5.41, 5.74) is 2.42. The molecule has 84 valence electrons. The van der Waals surface area contributed by atoms with Gasteiger partial charge in [0.2, 0.25) is 0 Å². The molecule has 0 fully saturated rings. The van der Waals surface area contributed by atoms with Crippen LogP contribution in [0.25, 0.3) is 10.9 Å². The highest BCUT2D eigenvalue weighted by atomic mass is 79.9. The number of aromatic nitrogens is 1. The number of carbonyl (C=O) groups excluding carboxylic acids is 1. The Labute approximate surface area is 103 Å². The van der Waals surface area contributed by atoms with Crippen LogP contribution in [0.15, 0.2) is 28.9 Å². The van der Waals surface area contributed by atoms with Crippen molar-refractivity contribution in [2.24, 2.45) is 7.05 Å². The smallest absolute Gasteiger partial charge is 0.120 e. The van der Waals surface area contributed by atoms with Crippen LogP contribution in [-0.4, -0.2) is 10.9 Å². The van der Waals surface area contributed by atoms with E-state index >= 15 is 0 Å². The Hall–Kier alpha value is -1.09. The first kappa shape index (κ1) is 11.4. The van der Waals surface area contributed by atoms with Gasteiger partial charge in [0.25, 0.3) is 0 Å². The lowest BCUT2D eigenvalue weighted by atomic mass is 9.97. The maximum Gasteiger partial charge on any atom is 0.120 e. The third-order valence-electron chi connectivity index (χ3n) is 2.98. The van der Waals surface area contributed by atoms with Crippen molar-refractivity contribution >= 4 is 33.1 Å². The van der Waals surface area contributed by atoms with Crippen LogP contribution in [0.3, 0.4) is 0 Å². The molecule has 3 heteroatoms. The zero-order valence-corrected chi connectivity index (χ0v) is 11.0. The van der Waals surface area contributed by atoms with E-state index < -0.39 is 0 Å². The highest BCUT2D eigenvalue weighted by Crippen LogP contribution is 2.29. The first-order valence-electron chi connectivity index (χ1n) is 5.31. The van der Waals surface area contributed by atoms with Crippen molar-refractivity contribution in [1.29, 1.82) is 0 Å². The van der Waals surface area contributed by atoms with Crippen LogP contribution in [0, 0.1) is 0 Å². The fraction of sp³-hybridized carbons (Fsp3) is 0.308.